The van der Waals surface area contributed by atoms with Crippen molar-refractivity contribution in [2.24, 2.45) is 0 Å². The Morgan fingerprint density at radius 1 is 1.18 bits per heavy atom. The van der Waals surface area contributed by atoms with Crippen molar-refractivity contribution in [2.45, 2.75) is 13.8 Å². The van der Waals surface area contributed by atoms with Crippen LogP contribution in [0.1, 0.15) is 29.8 Å². The number of nitrogens with one attached hydrogen (secondary N) is 1. The zero-order chi connectivity index (χ0) is 16.9. The number of phenolic OH excluding ortho intramolecular Hbond substituents is 1. The Hall–Kier alpha value is -2.95. The lowest BCUT2D eigenvalue weighted by atomic mass is 10.1. The summed E-state index contributed by atoms with van der Waals surface area (Å²) in [6.45, 7) is 11.1. The quantitative estimate of drug-likeness (QED) is 0.477. The van der Waals surface area contributed by atoms with Gasteiger partial charge in [0.05, 0.1) is 0 Å². The first-order valence-electron chi connectivity index (χ1n) is 6.50. The van der Waals surface area contributed by atoms with Crippen molar-refractivity contribution in [1.29, 1.82) is 0 Å². The number of hydrogen-bond donors (Lipinski definition) is 4. The van der Waals surface area contributed by atoms with E-state index < -0.39 is 11.7 Å². The van der Waals surface area contributed by atoms with Crippen molar-refractivity contribution in [3.63, 3.8) is 0 Å². The number of aromatic carboxylic acids is 1. The Labute approximate surface area is 129 Å². The zero-order valence-corrected chi connectivity index (χ0v) is 12.6. The molecule has 1 aromatic rings. The molecule has 0 aliphatic rings. The minimum Gasteiger partial charge on any atom is -0.507 e. The van der Waals surface area contributed by atoms with Crippen LogP contribution in [-0.2, 0) is 0 Å². The van der Waals surface area contributed by atoms with Crippen LogP contribution in [0, 0.1) is 0 Å². The van der Waals surface area contributed by atoms with Crippen LogP contribution in [-0.4, -0.2) is 21.3 Å². The smallest absolute Gasteiger partial charge is 0.339 e. The number of aromatic hydroxyl groups is 2. The Morgan fingerprint density at radius 2 is 1.73 bits per heavy atom. The predicted octanol–water partition coefficient (Wildman–Crippen LogP) is 3.39. The second-order valence-corrected chi connectivity index (χ2v) is 4.70. The molecule has 0 amide bonds. The fourth-order valence-corrected chi connectivity index (χ4v) is 1.72. The van der Waals surface area contributed by atoms with E-state index in [1.54, 1.807) is 12.2 Å². The fourth-order valence-electron chi connectivity index (χ4n) is 1.72. The van der Waals surface area contributed by atoms with Gasteiger partial charge in [-0.05, 0) is 31.6 Å². The minimum atomic E-state index is -1.32. The highest BCUT2D eigenvalue weighted by Crippen LogP contribution is 2.31. The Morgan fingerprint density at radius 3 is 2.27 bits per heavy atom. The minimum absolute atomic E-state index is 0.224. The highest BCUT2D eigenvalue weighted by atomic mass is 16.4. The number of rotatable bonds is 6. The molecule has 0 bridgehead atoms. The van der Waals surface area contributed by atoms with Crippen LogP contribution in [0.15, 0.2) is 54.8 Å². The van der Waals surface area contributed by atoms with E-state index in [4.69, 9.17) is 5.11 Å². The monoisotopic (exact) mass is 301 g/mol. The van der Waals surface area contributed by atoms with E-state index in [1.807, 2.05) is 19.9 Å². The fraction of sp³-hybridized carbons (Fsp3) is 0.118. The Kier molecular flexibility index (Phi) is 5.57. The lowest BCUT2D eigenvalue weighted by Gasteiger charge is -2.14. The van der Waals surface area contributed by atoms with Crippen molar-refractivity contribution in [3.8, 4) is 11.5 Å². The molecule has 1 aromatic carbocycles. The van der Waals surface area contributed by atoms with Crippen LogP contribution in [0.25, 0.3) is 5.70 Å². The molecule has 0 aromatic heterocycles. The van der Waals surface area contributed by atoms with E-state index in [0.29, 0.717) is 5.70 Å². The molecule has 0 aliphatic heterocycles. The molecule has 1 rings (SSSR count). The first-order valence-corrected chi connectivity index (χ1v) is 6.50. The average Bonchev–Trinajstić information content (AvgIpc) is 2.45. The molecule has 0 atom stereocenters. The molecule has 0 radical (unpaired) electrons. The second-order valence-electron chi connectivity index (χ2n) is 4.70. The second kappa shape index (κ2) is 7.17. The van der Waals surface area contributed by atoms with E-state index in [0.717, 1.165) is 23.4 Å². The van der Waals surface area contributed by atoms with Crippen LogP contribution in [0.3, 0.4) is 0 Å². The molecule has 0 spiro atoms. The topological polar surface area (TPSA) is 89.8 Å². The maximum atomic E-state index is 10.9. The highest BCUT2D eigenvalue weighted by molar-refractivity contribution is 5.92. The largest absolute Gasteiger partial charge is 0.507 e. The first kappa shape index (κ1) is 17.1. The lowest BCUT2D eigenvalue weighted by molar-refractivity contribution is 0.0693. The van der Waals surface area contributed by atoms with E-state index in [2.05, 4.69) is 18.5 Å². The molecule has 0 heterocycles. The van der Waals surface area contributed by atoms with Crippen LogP contribution in [0.4, 0.5) is 0 Å². The van der Waals surface area contributed by atoms with Gasteiger partial charge in [0.15, 0.2) is 0 Å². The van der Waals surface area contributed by atoms with Gasteiger partial charge in [0, 0.05) is 17.0 Å². The third kappa shape index (κ3) is 4.02. The van der Waals surface area contributed by atoms with Gasteiger partial charge in [-0.2, -0.15) is 0 Å². The van der Waals surface area contributed by atoms with Gasteiger partial charge in [-0.25, -0.2) is 4.79 Å². The summed E-state index contributed by atoms with van der Waals surface area (Å²) in [6, 6.07) is 2.15. The summed E-state index contributed by atoms with van der Waals surface area (Å²) in [5.41, 5.74) is 1.93. The molecule has 5 heteroatoms. The Balaban J connectivity index is 3.09. The van der Waals surface area contributed by atoms with Crippen LogP contribution in [0.2, 0.25) is 0 Å². The van der Waals surface area contributed by atoms with Crippen LogP contribution < -0.4 is 5.32 Å². The molecule has 0 fully saturated rings. The summed E-state index contributed by atoms with van der Waals surface area (Å²) in [6.07, 6.45) is 5.29. The van der Waals surface area contributed by atoms with Gasteiger partial charge in [-0.3, -0.25) is 0 Å². The summed E-state index contributed by atoms with van der Waals surface area (Å²) in [5.74, 6) is -2.03. The molecule has 22 heavy (non-hydrogen) atoms. The van der Waals surface area contributed by atoms with Crippen LogP contribution in [0.5, 0.6) is 11.5 Å². The van der Waals surface area contributed by atoms with Crippen LogP contribution >= 0.6 is 0 Å². The van der Waals surface area contributed by atoms with Gasteiger partial charge in [0.2, 0.25) is 0 Å². The number of carboxylic acids is 1. The maximum absolute atomic E-state index is 10.9. The number of carbonyl (C=O) groups is 1. The first-order chi connectivity index (χ1) is 10.3. The summed E-state index contributed by atoms with van der Waals surface area (Å²) in [4.78, 5) is 10.9. The molecule has 116 valence electrons. The van der Waals surface area contributed by atoms with Gasteiger partial charge in [0.1, 0.15) is 17.1 Å². The number of allylic oxidation sites excluding steroid dienone is 5. The Bertz CT molecular complexity index is 684. The van der Waals surface area contributed by atoms with E-state index in [9.17, 15) is 15.0 Å². The van der Waals surface area contributed by atoms with E-state index in [1.165, 1.54) is 0 Å². The third-order valence-corrected chi connectivity index (χ3v) is 3.08. The highest BCUT2D eigenvalue weighted by Gasteiger charge is 2.15. The standard InChI is InChI=1S/C17H19NO4/c1-5-6-7-10(2)11(3)18-12(4)13-8-16(20)14(17(21)22)9-15(13)19/h5-9,18-20H,1,4H2,2-3H3,(H,21,22)/b7-6-,11-10+. The molecular formula is C17H19NO4. The number of carboxylic acid groups (broad SMARTS) is 1. The van der Waals surface area contributed by atoms with Gasteiger partial charge in [-0.1, -0.05) is 31.4 Å². The summed E-state index contributed by atoms with van der Waals surface area (Å²) in [5, 5.41) is 31.5. The van der Waals surface area contributed by atoms with Crippen molar-refractivity contribution >= 4 is 11.7 Å². The van der Waals surface area contributed by atoms with Crippen molar-refractivity contribution in [3.05, 3.63) is 65.9 Å². The molecular weight excluding hydrogens is 282 g/mol. The van der Waals surface area contributed by atoms with Gasteiger partial charge < -0.3 is 20.6 Å². The van der Waals surface area contributed by atoms with Crippen molar-refractivity contribution < 1.29 is 20.1 Å². The zero-order valence-electron chi connectivity index (χ0n) is 12.6. The van der Waals surface area contributed by atoms with E-state index >= 15 is 0 Å². The summed E-state index contributed by atoms with van der Waals surface area (Å²) >= 11 is 0. The molecule has 4 N–H and O–H groups in total. The van der Waals surface area contributed by atoms with Crippen molar-refractivity contribution in [1.82, 2.24) is 5.32 Å². The SMILES string of the molecule is C=C/C=C\C(C)=C(/C)NC(=C)c1cc(O)c(C(=O)O)cc1O. The number of benzene rings is 1. The predicted molar refractivity (Wildman–Crippen MR) is 86.6 cm³/mol. The maximum Gasteiger partial charge on any atom is 0.339 e. The van der Waals surface area contributed by atoms with Gasteiger partial charge in [-0.15, -0.1) is 0 Å². The van der Waals surface area contributed by atoms with Crippen molar-refractivity contribution in [2.75, 3.05) is 0 Å². The van der Waals surface area contributed by atoms with Gasteiger partial charge in [0.25, 0.3) is 0 Å². The molecule has 0 saturated heterocycles. The lowest BCUT2D eigenvalue weighted by Crippen LogP contribution is -2.10. The average molecular weight is 301 g/mol. The third-order valence-electron chi connectivity index (χ3n) is 3.08. The van der Waals surface area contributed by atoms with Gasteiger partial charge >= 0.3 is 5.97 Å². The number of hydrogen-bond acceptors (Lipinski definition) is 4. The molecule has 0 unspecified atom stereocenters. The molecule has 0 saturated carbocycles. The van der Waals surface area contributed by atoms with E-state index in [-0.39, 0.29) is 16.9 Å². The normalized spacial score (nSPS) is 11.9. The molecule has 5 nitrogen and oxygen atoms in total. The number of phenols is 2. The summed E-state index contributed by atoms with van der Waals surface area (Å²) in [7, 11) is 0. The molecule has 0 aliphatic carbocycles. The summed E-state index contributed by atoms with van der Waals surface area (Å²) < 4.78 is 0.